The molecule has 0 fully saturated rings. The Kier molecular flexibility index (Phi) is 8.34. The molecule has 6 heteroatoms. The first-order chi connectivity index (χ1) is 8.99. The molecule has 0 aliphatic carbocycles. The Morgan fingerprint density at radius 1 is 0.900 bits per heavy atom. The molecule has 20 heavy (non-hydrogen) atoms. The van der Waals surface area contributed by atoms with Gasteiger partial charge < -0.3 is 8.95 Å². The fourth-order valence-corrected chi connectivity index (χ4v) is 2.69. The van der Waals surface area contributed by atoms with Crippen molar-refractivity contribution in [2.45, 2.75) is 78.3 Å². The van der Waals surface area contributed by atoms with Crippen LogP contribution in [0, 0.1) is 0 Å². The predicted molar refractivity (Wildman–Crippen MR) is 90.1 cm³/mol. The van der Waals surface area contributed by atoms with Gasteiger partial charge in [-0.15, -0.1) is 5.16 Å². The second-order valence-electron chi connectivity index (χ2n) is 7.18. The molecule has 0 N–H and O–H groups in total. The molecule has 0 aliphatic rings. The maximum Gasteiger partial charge on any atom is 0.292 e. The molecular weight excluding hydrogens is 286 g/mol. The molecule has 0 aromatic rings. The van der Waals surface area contributed by atoms with Crippen LogP contribution in [-0.4, -0.2) is 28.3 Å². The second-order valence-corrected chi connectivity index (χ2v) is 16.0. The van der Waals surface area contributed by atoms with Crippen LogP contribution in [0.2, 0.25) is 39.3 Å². The molecule has 4 nitrogen and oxygen atoms in total. The summed E-state index contributed by atoms with van der Waals surface area (Å²) < 4.78 is 10.9. The van der Waals surface area contributed by atoms with E-state index in [0.29, 0.717) is 6.42 Å². The molecule has 0 rings (SSSR count). The fourth-order valence-electron chi connectivity index (χ4n) is 1.48. The molecule has 0 aliphatic heterocycles. The van der Waals surface area contributed by atoms with Gasteiger partial charge in [0.25, 0.3) is 14.3 Å². The van der Waals surface area contributed by atoms with Gasteiger partial charge in [0.1, 0.15) is 0 Å². The molecule has 0 heterocycles. The van der Waals surface area contributed by atoms with Crippen LogP contribution >= 0.6 is 0 Å². The Hall–Kier alpha value is -0.626. The number of carbonyl (C=O) groups excluding carboxylic acids is 1. The van der Waals surface area contributed by atoms with Crippen LogP contribution in [0.5, 0.6) is 0 Å². The number of unbranched alkanes of at least 4 members (excludes halogenated alkanes) is 2. The molecular formula is C14H31NO3Si2. The minimum Gasteiger partial charge on any atom is -0.520 e. The molecule has 0 saturated carbocycles. The van der Waals surface area contributed by atoms with Crippen molar-refractivity contribution >= 4 is 28.3 Å². The highest BCUT2D eigenvalue weighted by Gasteiger charge is 2.19. The molecule has 0 radical (unpaired) electrons. The minimum absolute atomic E-state index is 0.0448. The van der Waals surface area contributed by atoms with E-state index in [-0.39, 0.29) is 5.97 Å². The van der Waals surface area contributed by atoms with Gasteiger partial charge in [-0.3, -0.25) is 4.79 Å². The van der Waals surface area contributed by atoms with Crippen molar-refractivity contribution in [1.82, 2.24) is 0 Å². The summed E-state index contributed by atoms with van der Waals surface area (Å²) >= 11 is 0. The summed E-state index contributed by atoms with van der Waals surface area (Å²) in [5.74, 6) is -0.0448. The molecule has 0 aromatic heterocycles. The Labute approximate surface area is 126 Å². The number of carbonyl (C=O) groups is 1. The summed E-state index contributed by atoms with van der Waals surface area (Å²) in [7, 11) is -3.27. The van der Waals surface area contributed by atoms with E-state index in [4.69, 9.17) is 8.95 Å². The van der Waals surface area contributed by atoms with Gasteiger partial charge in [-0.2, -0.15) is 0 Å². The number of hydrogen-bond acceptors (Lipinski definition) is 4. The predicted octanol–water partition coefficient (Wildman–Crippen LogP) is 4.54. The standard InChI is InChI=1S/C14H31NO3Si2/c1-13(15-18-20(5,6)7)11-9-8-10-12-14(16)17-19(2,3)4/h8-12H2,1-7H3/b15-13-. The molecule has 0 atom stereocenters. The first-order valence-electron chi connectivity index (χ1n) is 7.43. The van der Waals surface area contributed by atoms with Gasteiger partial charge >= 0.3 is 0 Å². The summed E-state index contributed by atoms with van der Waals surface area (Å²) in [4.78, 5) is 11.5. The molecule has 0 unspecified atom stereocenters. The second kappa shape index (κ2) is 8.61. The topological polar surface area (TPSA) is 47.9 Å². The van der Waals surface area contributed by atoms with Crippen molar-refractivity contribution in [1.29, 1.82) is 0 Å². The lowest BCUT2D eigenvalue weighted by Gasteiger charge is -2.17. The zero-order chi connectivity index (χ0) is 15.8. The molecule has 0 saturated heterocycles. The van der Waals surface area contributed by atoms with Crippen LogP contribution in [-0.2, 0) is 13.7 Å². The van der Waals surface area contributed by atoms with Gasteiger partial charge in [0.15, 0.2) is 0 Å². The third-order valence-electron chi connectivity index (χ3n) is 2.31. The highest BCUT2D eigenvalue weighted by molar-refractivity contribution is 6.71. The van der Waals surface area contributed by atoms with Crippen LogP contribution in [0.3, 0.4) is 0 Å². The van der Waals surface area contributed by atoms with E-state index in [1.54, 1.807) is 0 Å². The number of oxime groups is 1. The summed E-state index contributed by atoms with van der Waals surface area (Å²) in [6.45, 7) is 14.4. The average molecular weight is 318 g/mol. The van der Waals surface area contributed by atoms with E-state index >= 15 is 0 Å². The fraction of sp³-hybridized carbons (Fsp3) is 0.857. The molecule has 118 valence electrons. The van der Waals surface area contributed by atoms with E-state index in [1.807, 2.05) is 26.6 Å². The van der Waals surface area contributed by atoms with Crippen LogP contribution in [0.4, 0.5) is 0 Å². The highest BCUT2D eigenvalue weighted by Crippen LogP contribution is 2.10. The SMILES string of the molecule is C/C(CCCCCC(=O)O[Si](C)(C)C)=N/O[Si](C)(C)C. The molecule has 0 amide bonds. The van der Waals surface area contributed by atoms with Crippen molar-refractivity contribution in [3.63, 3.8) is 0 Å². The van der Waals surface area contributed by atoms with E-state index < -0.39 is 16.6 Å². The van der Waals surface area contributed by atoms with E-state index in [0.717, 1.165) is 31.4 Å². The largest absolute Gasteiger partial charge is 0.520 e. The van der Waals surface area contributed by atoms with Crippen molar-refractivity contribution < 1.29 is 13.7 Å². The van der Waals surface area contributed by atoms with Gasteiger partial charge in [-0.05, 0) is 65.5 Å². The minimum atomic E-state index is -1.72. The van der Waals surface area contributed by atoms with Crippen molar-refractivity contribution in [2.24, 2.45) is 5.16 Å². The zero-order valence-corrected chi connectivity index (χ0v) is 16.2. The zero-order valence-electron chi connectivity index (χ0n) is 14.2. The lowest BCUT2D eigenvalue weighted by molar-refractivity contribution is -0.135. The first-order valence-corrected chi connectivity index (χ1v) is 14.2. The lowest BCUT2D eigenvalue weighted by atomic mass is 10.1. The van der Waals surface area contributed by atoms with Crippen molar-refractivity contribution in [2.75, 3.05) is 0 Å². The maximum atomic E-state index is 11.5. The summed E-state index contributed by atoms with van der Waals surface area (Å²) in [5, 5.41) is 4.17. The average Bonchev–Trinajstić information content (AvgIpc) is 2.22. The quantitative estimate of drug-likeness (QED) is 0.271. The number of rotatable bonds is 9. The Bertz CT molecular complexity index is 330. The third kappa shape index (κ3) is 13.8. The van der Waals surface area contributed by atoms with Gasteiger partial charge in [-0.25, -0.2) is 0 Å². The normalized spacial score (nSPS) is 13.2. The van der Waals surface area contributed by atoms with E-state index in [1.165, 1.54) is 0 Å². The van der Waals surface area contributed by atoms with Crippen molar-refractivity contribution in [3.8, 4) is 0 Å². The van der Waals surface area contributed by atoms with Gasteiger partial charge in [0.2, 0.25) is 8.32 Å². The van der Waals surface area contributed by atoms with Crippen LogP contribution in [0.15, 0.2) is 5.16 Å². The lowest BCUT2D eigenvalue weighted by Crippen LogP contribution is -2.28. The Morgan fingerprint density at radius 3 is 1.95 bits per heavy atom. The molecule has 0 bridgehead atoms. The highest BCUT2D eigenvalue weighted by atomic mass is 28.4. The van der Waals surface area contributed by atoms with Crippen molar-refractivity contribution in [3.05, 3.63) is 0 Å². The van der Waals surface area contributed by atoms with Crippen LogP contribution < -0.4 is 0 Å². The van der Waals surface area contributed by atoms with E-state index in [2.05, 4.69) is 24.8 Å². The van der Waals surface area contributed by atoms with Crippen LogP contribution in [0.1, 0.15) is 39.0 Å². The van der Waals surface area contributed by atoms with Crippen LogP contribution in [0.25, 0.3) is 0 Å². The first kappa shape index (κ1) is 19.4. The number of nitrogens with zero attached hydrogens (tertiary/aromatic N) is 1. The smallest absolute Gasteiger partial charge is 0.292 e. The Morgan fingerprint density at radius 2 is 1.45 bits per heavy atom. The summed E-state index contributed by atoms with van der Waals surface area (Å²) in [6, 6.07) is 0. The maximum absolute atomic E-state index is 11.5. The number of hydrogen-bond donors (Lipinski definition) is 0. The van der Waals surface area contributed by atoms with Gasteiger partial charge in [-0.1, -0.05) is 6.42 Å². The molecule has 0 aromatic carbocycles. The van der Waals surface area contributed by atoms with E-state index in [9.17, 15) is 4.79 Å². The van der Waals surface area contributed by atoms with Gasteiger partial charge in [0, 0.05) is 6.42 Å². The Balaban J connectivity index is 3.70. The van der Waals surface area contributed by atoms with Gasteiger partial charge in [0.05, 0.1) is 5.71 Å². The monoisotopic (exact) mass is 317 g/mol. The summed E-state index contributed by atoms with van der Waals surface area (Å²) in [6.07, 6.45) is 4.44. The molecule has 0 spiro atoms. The summed E-state index contributed by atoms with van der Waals surface area (Å²) in [5.41, 5.74) is 1.04. The third-order valence-corrected chi connectivity index (χ3v) is 3.79.